The summed E-state index contributed by atoms with van der Waals surface area (Å²) in [6.07, 6.45) is 4.32. The van der Waals surface area contributed by atoms with Gasteiger partial charge in [-0.3, -0.25) is 9.48 Å². The molecule has 1 aliphatic rings. The van der Waals surface area contributed by atoms with Gasteiger partial charge in [0.2, 0.25) is 0 Å². The summed E-state index contributed by atoms with van der Waals surface area (Å²) in [5, 5.41) is 8.27. The number of rotatable bonds is 6. The molecule has 0 saturated carbocycles. The van der Waals surface area contributed by atoms with Crippen LogP contribution >= 0.6 is 0 Å². The van der Waals surface area contributed by atoms with Crippen molar-refractivity contribution >= 4 is 5.91 Å². The second-order valence-corrected chi connectivity index (χ2v) is 6.83. The fourth-order valence-electron chi connectivity index (χ4n) is 3.49. The predicted molar refractivity (Wildman–Crippen MR) is 101 cm³/mol. The molecule has 0 radical (unpaired) electrons. The maximum absolute atomic E-state index is 13.1. The molecule has 0 bridgehead atoms. The molecule has 1 fully saturated rings. The highest BCUT2D eigenvalue weighted by Crippen LogP contribution is 2.30. The van der Waals surface area contributed by atoms with E-state index in [0.717, 1.165) is 19.3 Å². The highest BCUT2D eigenvalue weighted by atomic mass is 19.1. The summed E-state index contributed by atoms with van der Waals surface area (Å²) in [6.45, 7) is 3.28. The van der Waals surface area contributed by atoms with Gasteiger partial charge < -0.3 is 14.2 Å². The molecular weight excluding hydrogens is 377 g/mol. The molecule has 8 nitrogen and oxygen atoms in total. The Hall–Kier alpha value is -3.23. The van der Waals surface area contributed by atoms with E-state index in [9.17, 15) is 9.18 Å². The van der Waals surface area contributed by atoms with E-state index in [1.807, 2.05) is 6.92 Å². The maximum Gasteiger partial charge on any atom is 0.272 e. The SMILES string of the molecule is CCn1nccc1C(=O)N1CCCCC1c1noc(COc2ccc(F)cc2)n1. The first-order valence-corrected chi connectivity index (χ1v) is 9.69. The number of nitrogens with zero attached hydrogens (tertiary/aromatic N) is 5. The van der Waals surface area contributed by atoms with Crippen LogP contribution in [0.25, 0.3) is 0 Å². The van der Waals surface area contributed by atoms with E-state index in [0.29, 0.717) is 36.2 Å². The zero-order valence-corrected chi connectivity index (χ0v) is 16.1. The minimum atomic E-state index is -0.330. The molecule has 29 heavy (non-hydrogen) atoms. The number of amides is 1. The van der Waals surface area contributed by atoms with Crippen molar-refractivity contribution in [3.05, 3.63) is 59.8 Å². The van der Waals surface area contributed by atoms with Crippen molar-refractivity contribution in [2.75, 3.05) is 6.54 Å². The van der Waals surface area contributed by atoms with E-state index in [1.165, 1.54) is 24.3 Å². The number of benzene rings is 1. The van der Waals surface area contributed by atoms with Gasteiger partial charge in [0.05, 0.1) is 6.04 Å². The summed E-state index contributed by atoms with van der Waals surface area (Å²) in [7, 11) is 0. The van der Waals surface area contributed by atoms with Gasteiger partial charge in [-0.25, -0.2) is 4.39 Å². The Labute approximate surface area is 167 Å². The van der Waals surface area contributed by atoms with E-state index in [2.05, 4.69) is 15.2 Å². The Morgan fingerprint density at radius 2 is 2.10 bits per heavy atom. The minimum Gasteiger partial charge on any atom is -0.484 e. The second kappa shape index (κ2) is 8.42. The normalized spacial score (nSPS) is 16.8. The van der Waals surface area contributed by atoms with Gasteiger partial charge in [0.25, 0.3) is 11.8 Å². The predicted octanol–water partition coefficient (Wildman–Crippen LogP) is 3.37. The number of likely N-dealkylation sites (tertiary alicyclic amines) is 1. The molecule has 3 heterocycles. The first-order chi connectivity index (χ1) is 14.2. The molecule has 1 unspecified atom stereocenters. The van der Waals surface area contributed by atoms with Crippen LogP contribution in [-0.4, -0.2) is 37.3 Å². The molecule has 9 heteroatoms. The molecule has 1 amide bonds. The van der Waals surface area contributed by atoms with E-state index in [-0.39, 0.29) is 24.4 Å². The third-order valence-electron chi connectivity index (χ3n) is 4.96. The Bertz CT molecular complexity index is 969. The van der Waals surface area contributed by atoms with Crippen LogP contribution in [-0.2, 0) is 13.2 Å². The van der Waals surface area contributed by atoms with Crippen molar-refractivity contribution in [2.24, 2.45) is 0 Å². The fraction of sp³-hybridized carbons (Fsp3) is 0.400. The second-order valence-electron chi connectivity index (χ2n) is 6.83. The van der Waals surface area contributed by atoms with Crippen LogP contribution in [0.4, 0.5) is 4.39 Å². The number of ether oxygens (including phenoxy) is 1. The molecule has 4 rings (SSSR count). The molecule has 3 aromatic rings. The van der Waals surface area contributed by atoms with Crippen LogP contribution < -0.4 is 4.74 Å². The van der Waals surface area contributed by atoms with Gasteiger partial charge in [0.1, 0.15) is 17.3 Å². The Balaban J connectivity index is 1.47. The van der Waals surface area contributed by atoms with Crippen LogP contribution in [0.3, 0.4) is 0 Å². The number of aryl methyl sites for hydroxylation is 1. The van der Waals surface area contributed by atoms with Crippen molar-refractivity contribution in [1.82, 2.24) is 24.8 Å². The van der Waals surface area contributed by atoms with Crippen molar-refractivity contribution in [1.29, 1.82) is 0 Å². The van der Waals surface area contributed by atoms with Crippen molar-refractivity contribution in [2.45, 2.75) is 45.4 Å². The molecule has 1 aromatic carbocycles. The summed E-state index contributed by atoms with van der Waals surface area (Å²) in [4.78, 5) is 19.3. The van der Waals surface area contributed by atoms with Gasteiger partial charge in [-0.05, 0) is 56.5 Å². The molecule has 0 aliphatic carbocycles. The average Bonchev–Trinajstić information content (AvgIpc) is 3.42. The standard InChI is InChI=1S/C20H22FN5O3/c1-2-26-17(10-11-22-26)20(27)25-12-4-3-5-16(25)19-23-18(29-24-19)13-28-15-8-6-14(21)7-9-15/h6-11,16H,2-5,12-13H2,1H3. The first kappa shape index (κ1) is 19.1. The monoisotopic (exact) mass is 399 g/mol. The lowest BCUT2D eigenvalue weighted by atomic mass is 10.0. The quantitative estimate of drug-likeness (QED) is 0.632. The van der Waals surface area contributed by atoms with Crippen LogP contribution in [0, 0.1) is 5.82 Å². The topological polar surface area (TPSA) is 86.3 Å². The van der Waals surface area contributed by atoms with Gasteiger partial charge >= 0.3 is 0 Å². The van der Waals surface area contributed by atoms with Crippen LogP contribution in [0.15, 0.2) is 41.1 Å². The van der Waals surface area contributed by atoms with E-state index in [1.54, 1.807) is 21.8 Å². The summed E-state index contributed by atoms with van der Waals surface area (Å²) >= 11 is 0. The van der Waals surface area contributed by atoms with Crippen molar-refractivity contribution in [3.63, 3.8) is 0 Å². The molecular formula is C20H22FN5O3. The summed E-state index contributed by atoms with van der Waals surface area (Å²) in [5.41, 5.74) is 0.558. The molecule has 1 atom stereocenters. The molecule has 0 spiro atoms. The van der Waals surface area contributed by atoms with Gasteiger partial charge in [-0.15, -0.1) is 0 Å². The van der Waals surface area contributed by atoms with E-state index < -0.39 is 0 Å². The Kier molecular flexibility index (Phi) is 5.55. The lowest BCUT2D eigenvalue weighted by Gasteiger charge is -2.33. The molecule has 152 valence electrons. The number of hydrogen-bond donors (Lipinski definition) is 0. The zero-order valence-electron chi connectivity index (χ0n) is 16.1. The number of hydrogen-bond acceptors (Lipinski definition) is 6. The summed E-state index contributed by atoms with van der Waals surface area (Å²) < 4.78 is 25.5. The average molecular weight is 399 g/mol. The molecule has 1 aliphatic heterocycles. The molecule has 1 saturated heterocycles. The number of piperidine rings is 1. The lowest BCUT2D eigenvalue weighted by molar-refractivity contribution is 0.0584. The molecule has 2 aromatic heterocycles. The lowest BCUT2D eigenvalue weighted by Crippen LogP contribution is -2.40. The van der Waals surface area contributed by atoms with E-state index >= 15 is 0 Å². The third kappa shape index (κ3) is 4.13. The fourth-order valence-corrected chi connectivity index (χ4v) is 3.49. The van der Waals surface area contributed by atoms with Crippen molar-refractivity contribution in [3.8, 4) is 5.75 Å². The van der Waals surface area contributed by atoms with Crippen LogP contribution in [0.2, 0.25) is 0 Å². The van der Waals surface area contributed by atoms with Gasteiger partial charge in [-0.1, -0.05) is 5.16 Å². The van der Waals surface area contributed by atoms with Gasteiger partial charge in [-0.2, -0.15) is 10.1 Å². The molecule has 0 N–H and O–H groups in total. The zero-order chi connectivity index (χ0) is 20.2. The number of carbonyl (C=O) groups is 1. The highest BCUT2D eigenvalue weighted by Gasteiger charge is 2.33. The largest absolute Gasteiger partial charge is 0.484 e. The van der Waals surface area contributed by atoms with E-state index in [4.69, 9.17) is 9.26 Å². The number of halogens is 1. The smallest absolute Gasteiger partial charge is 0.272 e. The Morgan fingerprint density at radius 1 is 1.28 bits per heavy atom. The number of aromatic nitrogens is 4. The van der Waals surface area contributed by atoms with Gasteiger partial charge in [0.15, 0.2) is 12.4 Å². The van der Waals surface area contributed by atoms with Crippen LogP contribution in [0.5, 0.6) is 5.75 Å². The van der Waals surface area contributed by atoms with Gasteiger partial charge in [0, 0.05) is 19.3 Å². The maximum atomic E-state index is 13.1. The third-order valence-corrected chi connectivity index (χ3v) is 4.96. The highest BCUT2D eigenvalue weighted by molar-refractivity contribution is 5.92. The minimum absolute atomic E-state index is 0.0713. The first-order valence-electron chi connectivity index (χ1n) is 9.69. The summed E-state index contributed by atoms with van der Waals surface area (Å²) in [5.74, 6) is 0.875. The van der Waals surface area contributed by atoms with Crippen molar-refractivity contribution < 1.29 is 18.4 Å². The summed E-state index contributed by atoms with van der Waals surface area (Å²) in [6, 6.07) is 7.19. The Morgan fingerprint density at radius 3 is 2.90 bits per heavy atom. The van der Waals surface area contributed by atoms with Crippen LogP contribution in [0.1, 0.15) is 54.4 Å². The number of carbonyl (C=O) groups excluding carboxylic acids is 1.